The predicted molar refractivity (Wildman–Crippen MR) is 63.8 cm³/mol. The molecule has 0 amide bonds. The second-order valence-electron chi connectivity index (χ2n) is 4.68. The van der Waals surface area contributed by atoms with E-state index in [1.54, 1.807) is 33.3 Å². The zero-order valence-electron chi connectivity index (χ0n) is 9.95. The molecule has 0 radical (unpaired) electrons. The molecular formula is C10H19N3O2S. The van der Waals surface area contributed by atoms with Gasteiger partial charge < -0.3 is 10.3 Å². The van der Waals surface area contributed by atoms with Crippen LogP contribution < -0.4 is 5.32 Å². The fraction of sp³-hybridized carbons (Fsp3) is 0.700. The van der Waals surface area contributed by atoms with E-state index < -0.39 is 14.6 Å². The summed E-state index contributed by atoms with van der Waals surface area (Å²) >= 11 is 0. The molecule has 2 N–H and O–H groups in total. The Bertz CT molecular complexity index is 404. The largest absolute Gasteiger partial charge is 0.347 e. The Kier molecular flexibility index (Phi) is 4.09. The highest BCUT2D eigenvalue weighted by Gasteiger charge is 2.27. The summed E-state index contributed by atoms with van der Waals surface area (Å²) in [7, 11) is -3.03. The van der Waals surface area contributed by atoms with E-state index in [1.807, 2.05) is 0 Å². The van der Waals surface area contributed by atoms with E-state index in [0.717, 1.165) is 5.69 Å². The van der Waals surface area contributed by atoms with Crippen molar-refractivity contribution in [1.82, 2.24) is 15.3 Å². The lowest BCUT2D eigenvalue weighted by Gasteiger charge is -2.19. The molecule has 0 aromatic carbocycles. The van der Waals surface area contributed by atoms with Gasteiger partial charge in [0.25, 0.3) is 0 Å². The van der Waals surface area contributed by atoms with Crippen LogP contribution in [0.2, 0.25) is 0 Å². The van der Waals surface area contributed by atoms with Crippen LogP contribution in [0.25, 0.3) is 0 Å². The number of aromatic amines is 1. The minimum absolute atomic E-state index is 0.157. The molecule has 1 aromatic heterocycles. The third kappa shape index (κ3) is 3.61. The average Bonchev–Trinajstić information content (AvgIpc) is 2.63. The molecule has 0 aliphatic rings. The SMILES string of the molecule is CC(C)(C)S(=O)(=O)CCNCc1cnc[nH]1. The highest BCUT2D eigenvalue weighted by molar-refractivity contribution is 7.92. The third-order valence-corrected chi connectivity index (χ3v) is 4.96. The molecule has 1 rings (SSSR count). The molecule has 0 saturated carbocycles. The fourth-order valence-corrected chi connectivity index (χ4v) is 2.14. The summed E-state index contributed by atoms with van der Waals surface area (Å²) in [6.45, 7) is 6.23. The molecule has 0 bridgehead atoms. The molecule has 92 valence electrons. The number of imidazole rings is 1. The standard InChI is InChI=1S/C10H19N3O2S/c1-10(2,3)16(14,15)5-4-11-6-9-7-12-8-13-9/h7-8,11H,4-6H2,1-3H3,(H,12,13). The number of sulfone groups is 1. The van der Waals surface area contributed by atoms with Crippen LogP contribution in [0.15, 0.2) is 12.5 Å². The van der Waals surface area contributed by atoms with Gasteiger partial charge in [-0.1, -0.05) is 0 Å². The lowest BCUT2D eigenvalue weighted by atomic mass is 10.3. The Morgan fingerprint density at radius 2 is 2.12 bits per heavy atom. The van der Waals surface area contributed by atoms with E-state index >= 15 is 0 Å². The lowest BCUT2D eigenvalue weighted by molar-refractivity contribution is 0.555. The van der Waals surface area contributed by atoms with E-state index in [2.05, 4.69) is 15.3 Å². The van der Waals surface area contributed by atoms with Gasteiger partial charge in [-0.05, 0) is 20.8 Å². The van der Waals surface area contributed by atoms with Crippen LogP contribution in [0.4, 0.5) is 0 Å². The minimum Gasteiger partial charge on any atom is -0.347 e. The van der Waals surface area contributed by atoms with Crippen molar-refractivity contribution in [3.05, 3.63) is 18.2 Å². The summed E-state index contributed by atoms with van der Waals surface area (Å²) < 4.78 is 22.8. The Morgan fingerprint density at radius 1 is 1.44 bits per heavy atom. The van der Waals surface area contributed by atoms with E-state index in [4.69, 9.17) is 0 Å². The zero-order valence-corrected chi connectivity index (χ0v) is 10.8. The Hall–Kier alpha value is -0.880. The number of aromatic nitrogens is 2. The second-order valence-corrected chi connectivity index (χ2v) is 7.55. The summed E-state index contributed by atoms with van der Waals surface area (Å²) in [6.07, 6.45) is 3.31. The number of nitrogens with one attached hydrogen (secondary N) is 2. The normalized spacial score (nSPS) is 12.9. The molecule has 0 aliphatic carbocycles. The number of H-pyrrole nitrogens is 1. The first-order valence-corrected chi connectivity index (χ1v) is 6.88. The number of hydrogen-bond acceptors (Lipinski definition) is 4. The lowest BCUT2D eigenvalue weighted by Crippen LogP contribution is -2.34. The van der Waals surface area contributed by atoms with E-state index in [9.17, 15) is 8.42 Å². The summed E-state index contributed by atoms with van der Waals surface area (Å²) in [4.78, 5) is 6.82. The van der Waals surface area contributed by atoms with Crippen molar-refractivity contribution in [3.63, 3.8) is 0 Å². The van der Waals surface area contributed by atoms with E-state index in [-0.39, 0.29) is 5.75 Å². The summed E-state index contributed by atoms with van der Waals surface area (Å²) in [5, 5.41) is 3.07. The maximum absolute atomic E-state index is 11.8. The number of hydrogen-bond donors (Lipinski definition) is 2. The van der Waals surface area contributed by atoms with Gasteiger partial charge in [-0.15, -0.1) is 0 Å². The monoisotopic (exact) mass is 245 g/mol. The minimum atomic E-state index is -3.03. The first-order valence-electron chi connectivity index (χ1n) is 5.23. The van der Waals surface area contributed by atoms with Crippen molar-refractivity contribution < 1.29 is 8.42 Å². The van der Waals surface area contributed by atoms with Crippen molar-refractivity contribution in [3.8, 4) is 0 Å². The first kappa shape index (κ1) is 13.2. The van der Waals surface area contributed by atoms with Crippen molar-refractivity contribution in [2.45, 2.75) is 32.1 Å². The molecule has 0 fully saturated rings. The highest BCUT2D eigenvalue weighted by Crippen LogP contribution is 2.15. The van der Waals surface area contributed by atoms with Crippen molar-refractivity contribution in [1.29, 1.82) is 0 Å². The average molecular weight is 245 g/mol. The molecule has 0 saturated heterocycles. The van der Waals surface area contributed by atoms with Gasteiger partial charge in [-0.2, -0.15) is 0 Å². The molecular weight excluding hydrogens is 226 g/mol. The van der Waals surface area contributed by atoms with E-state index in [1.165, 1.54) is 0 Å². The Morgan fingerprint density at radius 3 is 2.62 bits per heavy atom. The number of rotatable bonds is 5. The van der Waals surface area contributed by atoms with Crippen molar-refractivity contribution in [2.24, 2.45) is 0 Å². The van der Waals surface area contributed by atoms with Crippen LogP contribution >= 0.6 is 0 Å². The molecule has 16 heavy (non-hydrogen) atoms. The van der Waals surface area contributed by atoms with E-state index in [0.29, 0.717) is 13.1 Å². The number of nitrogens with zero attached hydrogens (tertiary/aromatic N) is 1. The molecule has 0 spiro atoms. The van der Waals surface area contributed by atoms with Crippen LogP contribution in [-0.2, 0) is 16.4 Å². The topological polar surface area (TPSA) is 74.8 Å². The van der Waals surface area contributed by atoms with Gasteiger partial charge in [0.05, 0.1) is 16.8 Å². The fourth-order valence-electron chi connectivity index (χ4n) is 1.12. The van der Waals surface area contributed by atoms with Gasteiger partial charge in [-0.3, -0.25) is 0 Å². The Balaban J connectivity index is 2.31. The molecule has 0 atom stereocenters. The van der Waals surface area contributed by atoms with Crippen LogP contribution in [-0.4, -0.2) is 35.4 Å². The van der Waals surface area contributed by atoms with Gasteiger partial charge in [-0.25, -0.2) is 13.4 Å². The van der Waals surface area contributed by atoms with Gasteiger partial charge in [0.15, 0.2) is 9.84 Å². The van der Waals surface area contributed by atoms with Crippen molar-refractivity contribution in [2.75, 3.05) is 12.3 Å². The van der Waals surface area contributed by atoms with Gasteiger partial charge in [0, 0.05) is 25.0 Å². The summed E-state index contributed by atoms with van der Waals surface area (Å²) in [5.74, 6) is 0.157. The van der Waals surface area contributed by atoms with Gasteiger partial charge >= 0.3 is 0 Å². The molecule has 1 heterocycles. The van der Waals surface area contributed by atoms with Crippen LogP contribution in [0.3, 0.4) is 0 Å². The highest BCUT2D eigenvalue weighted by atomic mass is 32.2. The summed E-state index contributed by atoms with van der Waals surface area (Å²) in [6, 6.07) is 0. The maximum Gasteiger partial charge on any atom is 0.156 e. The van der Waals surface area contributed by atoms with Crippen molar-refractivity contribution >= 4 is 9.84 Å². The van der Waals surface area contributed by atoms with Crippen LogP contribution in [0, 0.1) is 0 Å². The quantitative estimate of drug-likeness (QED) is 0.749. The summed E-state index contributed by atoms with van der Waals surface area (Å²) in [5.41, 5.74) is 0.952. The van der Waals surface area contributed by atoms with Gasteiger partial charge in [0.1, 0.15) is 0 Å². The molecule has 0 aliphatic heterocycles. The van der Waals surface area contributed by atoms with Crippen LogP contribution in [0.5, 0.6) is 0 Å². The Labute approximate surface area is 96.6 Å². The smallest absolute Gasteiger partial charge is 0.156 e. The molecule has 6 heteroatoms. The third-order valence-electron chi connectivity index (χ3n) is 2.35. The second kappa shape index (κ2) is 4.97. The molecule has 1 aromatic rings. The van der Waals surface area contributed by atoms with Crippen LogP contribution in [0.1, 0.15) is 26.5 Å². The molecule has 0 unspecified atom stereocenters. The van der Waals surface area contributed by atoms with Gasteiger partial charge in [0.2, 0.25) is 0 Å². The first-order chi connectivity index (χ1) is 7.33. The maximum atomic E-state index is 11.8. The zero-order chi connectivity index (χ0) is 12.2. The molecule has 5 nitrogen and oxygen atoms in total. The predicted octanol–water partition coefficient (Wildman–Crippen LogP) is 0.713.